The van der Waals surface area contributed by atoms with Crippen LogP contribution in [-0.2, 0) is 16.1 Å². The van der Waals surface area contributed by atoms with Crippen molar-refractivity contribution in [2.75, 3.05) is 13.2 Å². The molecule has 0 aliphatic carbocycles. The Balaban J connectivity index is 2.16. The number of aryl methyl sites for hydroxylation is 1. The lowest BCUT2D eigenvalue weighted by molar-refractivity contribution is -0.143. The molecule has 0 aliphatic rings. The van der Waals surface area contributed by atoms with E-state index in [0.717, 1.165) is 17.5 Å². The number of carbonyl (C=O) groups is 2. The van der Waals surface area contributed by atoms with Crippen LogP contribution in [0.1, 0.15) is 37.8 Å². The van der Waals surface area contributed by atoms with Gasteiger partial charge in [0, 0.05) is 13.1 Å². The summed E-state index contributed by atoms with van der Waals surface area (Å²) in [5, 5.41) is 2.86. The van der Waals surface area contributed by atoms with Crippen molar-refractivity contribution in [1.82, 2.24) is 10.2 Å². The quantitative estimate of drug-likeness (QED) is 0.659. The highest BCUT2D eigenvalue weighted by atomic mass is 19.1. The summed E-state index contributed by atoms with van der Waals surface area (Å²) < 4.78 is 18.9. The Hall–Kier alpha value is -2.89. The molecule has 0 aromatic heterocycles. The first kappa shape index (κ1) is 22.4. The molecule has 1 atom stereocenters. The van der Waals surface area contributed by atoms with E-state index in [-0.39, 0.29) is 30.8 Å². The predicted octanol–water partition coefficient (Wildman–Crippen LogP) is 3.85. The van der Waals surface area contributed by atoms with Crippen LogP contribution in [0.15, 0.2) is 48.5 Å². The van der Waals surface area contributed by atoms with Crippen LogP contribution in [0.4, 0.5) is 4.39 Å². The number of nitrogens with one attached hydrogen (secondary N) is 1. The Morgan fingerprint density at radius 3 is 2.31 bits per heavy atom. The fourth-order valence-electron chi connectivity index (χ4n) is 2.93. The maximum absolute atomic E-state index is 13.2. The Kier molecular flexibility index (Phi) is 8.65. The van der Waals surface area contributed by atoms with E-state index in [0.29, 0.717) is 18.7 Å². The van der Waals surface area contributed by atoms with Gasteiger partial charge < -0.3 is 15.0 Å². The molecule has 0 aliphatic heterocycles. The van der Waals surface area contributed by atoms with Crippen LogP contribution >= 0.6 is 0 Å². The van der Waals surface area contributed by atoms with Crippen molar-refractivity contribution in [3.8, 4) is 5.75 Å². The number of ether oxygens (including phenoxy) is 1. The second-order valence-electron chi connectivity index (χ2n) is 6.96. The molecule has 2 rings (SSSR count). The second kappa shape index (κ2) is 11.2. The van der Waals surface area contributed by atoms with Crippen LogP contribution in [0.3, 0.4) is 0 Å². The van der Waals surface area contributed by atoms with Crippen molar-refractivity contribution in [2.45, 2.75) is 46.2 Å². The van der Waals surface area contributed by atoms with E-state index >= 15 is 0 Å². The molecule has 0 heterocycles. The van der Waals surface area contributed by atoms with Gasteiger partial charge >= 0.3 is 0 Å². The summed E-state index contributed by atoms with van der Waals surface area (Å²) in [4.78, 5) is 27.1. The number of amides is 2. The Morgan fingerprint density at radius 1 is 1.07 bits per heavy atom. The van der Waals surface area contributed by atoms with Crippen molar-refractivity contribution < 1.29 is 18.7 Å². The minimum atomic E-state index is -0.624. The van der Waals surface area contributed by atoms with E-state index in [1.165, 1.54) is 17.0 Å². The number of rotatable bonds is 10. The minimum absolute atomic E-state index is 0.179. The summed E-state index contributed by atoms with van der Waals surface area (Å²) in [6.07, 6.45) is 1.28. The molecule has 2 aromatic rings. The highest BCUT2D eigenvalue weighted by Gasteiger charge is 2.28. The molecular formula is C23H29FN2O3. The molecule has 1 N–H and O–H groups in total. The molecule has 156 valence electrons. The van der Waals surface area contributed by atoms with E-state index in [1.54, 1.807) is 24.3 Å². The third kappa shape index (κ3) is 6.89. The first-order chi connectivity index (χ1) is 13.9. The second-order valence-corrected chi connectivity index (χ2v) is 6.96. The Morgan fingerprint density at radius 2 is 1.72 bits per heavy atom. The maximum atomic E-state index is 13.2. The number of nitrogens with zero attached hydrogens (tertiary/aromatic N) is 1. The zero-order valence-electron chi connectivity index (χ0n) is 17.3. The van der Waals surface area contributed by atoms with Crippen molar-refractivity contribution in [3.05, 3.63) is 65.5 Å². The van der Waals surface area contributed by atoms with E-state index < -0.39 is 6.04 Å². The van der Waals surface area contributed by atoms with Gasteiger partial charge in [0.2, 0.25) is 5.91 Å². The summed E-state index contributed by atoms with van der Waals surface area (Å²) >= 11 is 0. The van der Waals surface area contributed by atoms with Crippen LogP contribution < -0.4 is 10.1 Å². The smallest absolute Gasteiger partial charge is 0.261 e. The molecule has 29 heavy (non-hydrogen) atoms. The Labute approximate surface area is 171 Å². The highest BCUT2D eigenvalue weighted by Crippen LogP contribution is 2.15. The average molecular weight is 400 g/mol. The zero-order chi connectivity index (χ0) is 21.2. The topological polar surface area (TPSA) is 58.6 Å². The zero-order valence-corrected chi connectivity index (χ0v) is 17.3. The third-order valence-electron chi connectivity index (χ3n) is 4.58. The first-order valence-electron chi connectivity index (χ1n) is 9.95. The lowest BCUT2D eigenvalue weighted by Crippen LogP contribution is -2.50. The van der Waals surface area contributed by atoms with Crippen molar-refractivity contribution in [2.24, 2.45) is 0 Å². The van der Waals surface area contributed by atoms with Crippen LogP contribution in [0, 0.1) is 12.7 Å². The van der Waals surface area contributed by atoms with Gasteiger partial charge in [0.15, 0.2) is 6.61 Å². The number of halogens is 1. The van der Waals surface area contributed by atoms with Gasteiger partial charge in [-0.25, -0.2) is 4.39 Å². The van der Waals surface area contributed by atoms with Crippen LogP contribution in [0.2, 0.25) is 0 Å². The fourth-order valence-corrected chi connectivity index (χ4v) is 2.93. The summed E-state index contributed by atoms with van der Waals surface area (Å²) in [5.41, 5.74) is 1.84. The number of hydrogen-bond acceptors (Lipinski definition) is 3. The molecule has 0 bridgehead atoms. The summed E-state index contributed by atoms with van der Waals surface area (Å²) in [7, 11) is 0. The largest absolute Gasteiger partial charge is 0.484 e. The van der Waals surface area contributed by atoms with Crippen molar-refractivity contribution >= 4 is 11.8 Å². The van der Waals surface area contributed by atoms with Gasteiger partial charge in [0.25, 0.3) is 5.91 Å². The van der Waals surface area contributed by atoms with E-state index in [2.05, 4.69) is 5.32 Å². The number of carbonyl (C=O) groups excluding carboxylic acids is 2. The van der Waals surface area contributed by atoms with E-state index in [4.69, 9.17) is 4.74 Å². The van der Waals surface area contributed by atoms with Gasteiger partial charge in [-0.2, -0.15) is 0 Å². The molecule has 2 aromatic carbocycles. The van der Waals surface area contributed by atoms with E-state index in [9.17, 15) is 14.0 Å². The average Bonchev–Trinajstić information content (AvgIpc) is 2.72. The molecule has 6 heteroatoms. The molecule has 0 saturated heterocycles. The van der Waals surface area contributed by atoms with Gasteiger partial charge in [-0.3, -0.25) is 9.59 Å². The molecule has 0 saturated carbocycles. The molecule has 0 spiro atoms. The lowest BCUT2D eigenvalue weighted by atomic mass is 10.1. The third-order valence-corrected chi connectivity index (χ3v) is 4.58. The Bertz CT molecular complexity index is 791. The van der Waals surface area contributed by atoms with E-state index in [1.807, 2.05) is 32.9 Å². The molecule has 1 unspecified atom stereocenters. The lowest BCUT2D eigenvalue weighted by Gasteiger charge is -2.30. The van der Waals surface area contributed by atoms with Gasteiger partial charge in [-0.05, 0) is 49.6 Å². The van der Waals surface area contributed by atoms with Crippen LogP contribution in [0.25, 0.3) is 0 Å². The standard InChI is InChI=1S/C23H29FN2O3/c1-4-14-25-23(28)21(5-2)26(15-18-8-10-19(24)11-9-18)22(27)16-29-20-12-6-17(3)7-13-20/h6-13,21H,4-5,14-16H2,1-3H3,(H,25,28). The molecule has 0 fully saturated rings. The predicted molar refractivity (Wildman–Crippen MR) is 111 cm³/mol. The molecular weight excluding hydrogens is 371 g/mol. The number of benzene rings is 2. The highest BCUT2D eigenvalue weighted by molar-refractivity contribution is 5.88. The molecule has 0 radical (unpaired) electrons. The van der Waals surface area contributed by atoms with Gasteiger partial charge in [0.05, 0.1) is 0 Å². The van der Waals surface area contributed by atoms with Gasteiger partial charge in [-0.1, -0.05) is 43.7 Å². The molecule has 2 amide bonds. The van der Waals surface area contributed by atoms with Crippen LogP contribution in [-0.4, -0.2) is 35.9 Å². The van der Waals surface area contributed by atoms with Crippen molar-refractivity contribution in [1.29, 1.82) is 0 Å². The first-order valence-corrected chi connectivity index (χ1v) is 9.95. The van der Waals surface area contributed by atoms with Gasteiger partial charge in [-0.15, -0.1) is 0 Å². The number of hydrogen-bond donors (Lipinski definition) is 1. The van der Waals surface area contributed by atoms with Gasteiger partial charge in [0.1, 0.15) is 17.6 Å². The molecule has 5 nitrogen and oxygen atoms in total. The minimum Gasteiger partial charge on any atom is -0.484 e. The summed E-state index contributed by atoms with van der Waals surface area (Å²) in [5.74, 6) is -0.246. The fraction of sp³-hybridized carbons (Fsp3) is 0.391. The maximum Gasteiger partial charge on any atom is 0.261 e. The van der Waals surface area contributed by atoms with Crippen molar-refractivity contribution in [3.63, 3.8) is 0 Å². The summed E-state index contributed by atoms with van der Waals surface area (Å²) in [6, 6.07) is 12.7. The monoisotopic (exact) mass is 400 g/mol. The normalized spacial score (nSPS) is 11.6. The SMILES string of the molecule is CCCNC(=O)C(CC)N(Cc1ccc(F)cc1)C(=O)COc1ccc(C)cc1. The van der Waals surface area contributed by atoms with Crippen LogP contribution in [0.5, 0.6) is 5.75 Å². The summed E-state index contributed by atoms with van der Waals surface area (Å²) in [6.45, 7) is 6.38.